The molecule has 0 unspecified atom stereocenters. The van der Waals surface area contributed by atoms with Gasteiger partial charge in [0, 0.05) is 12.1 Å². The summed E-state index contributed by atoms with van der Waals surface area (Å²) in [6, 6.07) is 16.0. The van der Waals surface area contributed by atoms with Crippen LogP contribution in [0, 0.1) is 0 Å². The van der Waals surface area contributed by atoms with Crippen LogP contribution < -0.4 is 11.2 Å². The maximum Gasteiger partial charge on any atom is 0.494 e. The van der Waals surface area contributed by atoms with Crippen molar-refractivity contribution in [3.05, 3.63) is 65.2 Å². The first kappa shape index (κ1) is 20.6. The Labute approximate surface area is 168 Å². The van der Waals surface area contributed by atoms with Crippen molar-refractivity contribution in [2.45, 2.75) is 59.0 Å². The monoisotopic (exact) mass is 380 g/mol. The number of benzene rings is 2. The lowest BCUT2D eigenvalue weighted by molar-refractivity contribution is 0.00578. The number of rotatable bonds is 6. The average molecular weight is 380 g/mol. The van der Waals surface area contributed by atoms with Crippen LogP contribution >= 0.6 is 0 Å². The first-order chi connectivity index (χ1) is 13.2. The lowest BCUT2D eigenvalue weighted by Gasteiger charge is -2.32. The van der Waals surface area contributed by atoms with Crippen molar-refractivity contribution in [3.63, 3.8) is 0 Å². The molecule has 0 aromatic heterocycles. The van der Waals surface area contributed by atoms with Gasteiger partial charge in [-0.25, -0.2) is 0 Å². The van der Waals surface area contributed by atoms with Gasteiger partial charge in [0.1, 0.15) is 6.61 Å². The van der Waals surface area contributed by atoms with Gasteiger partial charge in [0.05, 0.1) is 16.9 Å². The molecule has 5 nitrogen and oxygen atoms in total. The average Bonchev–Trinajstić information content (AvgIpc) is 2.89. The molecule has 28 heavy (non-hydrogen) atoms. The molecule has 1 fully saturated rings. The van der Waals surface area contributed by atoms with E-state index in [-0.39, 0.29) is 11.2 Å². The minimum absolute atomic E-state index is 0.373. The summed E-state index contributed by atoms with van der Waals surface area (Å²) in [4.78, 5) is 5.52. The molecule has 2 N–H and O–H groups in total. The fourth-order valence-electron chi connectivity index (χ4n) is 3.09. The molecule has 0 saturated carbocycles. The molecule has 1 aliphatic rings. The van der Waals surface area contributed by atoms with Crippen molar-refractivity contribution in [3.8, 4) is 0 Å². The number of nitrogens with two attached hydrogens (primary N) is 1. The van der Waals surface area contributed by atoms with Crippen LogP contribution in [0.25, 0.3) is 0 Å². The van der Waals surface area contributed by atoms with Crippen LogP contribution in [0.1, 0.15) is 51.3 Å². The molecule has 2 aromatic carbocycles. The van der Waals surface area contributed by atoms with Gasteiger partial charge in [-0.3, -0.25) is 0 Å². The van der Waals surface area contributed by atoms with Crippen LogP contribution in [-0.2, 0) is 27.3 Å². The first-order valence-electron chi connectivity index (χ1n) is 9.63. The summed E-state index contributed by atoms with van der Waals surface area (Å²) in [7, 11) is -0.407. The van der Waals surface area contributed by atoms with Crippen LogP contribution in [0.3, 0.4) is 0 Å². The minimum atomic E-state index is -0.407. The summed E-state index contributed by atoms with van der Waals surface area (Å²) in [6.07, 6.45) is 0. The SMILES string of the molecule is C/C(=N\OCc1ccccc1)c1ccc(B2OC(C)(C)C(C)(C)O2)cc1CN. The third kappa shape index (κ3) is 4.30. The fourth-order valence-corrected chi connectivity index (χ4v) is 3.09. The molecule has 0 aliphatic carbocycles. The predicted octanol–water partition coefficient (Wildman–Crippen LogP) is 3.39. The summed E-state index contributed by atoms with van der Waals surface area (Å²) in [5, 5.41) is 4.27. The molecule has 6 heteroatoms. The molecule has 3 rings (SSSR count). The van der Waals surface area contributed by atoms with Gasteiger partial charge in [-0.05, 0) is 51.2 Å². The third-order valence-electron chi connectivity index (χ3n) is 5.54. The summed E-state index contributed by atoms with van der Waals surface area (Å²) < 4.78 is 12.3. The van der Waals surface area contributed by atoms with Crippen LogP contribution in [0.15, 0.2) is 53.7 Å². The summed E-state index contributed by atoms with van der Waals surface area (Å²) in [6.45, 7) is 10.9. The van der Waals surface area contributed by atoms with Crippen molar-refractivity contribution in [1.29, 1.82) is 0 Å². The van der Waals surface area contributed by atoms with E-state index in [1.165, 1.54) is 0 Å². The highest BCUT2D eigenvalue weighted by atomic mass is 16.7. The van der Waals surface area contributed by atoms with E-state index in [0.29, 0.717) is 13.2 Å². The first-order valence-corrected chi connectivity index (χ1v) is 9.63. The lowest BCUT2D eigenvalue weighted by atomic mass is 9.77. The van der Waals surface area contributed by atoms with Gasteiger partial charge >= 0.3 is 7.12 Å². The van der Waals surface area contributed by atoms with Gasteiger partial charge in [-0.15, -0.1) is 0 Å². The van der Waals surface area contributed by atoms with Gasteiger partial charge in [-0.1, -0.05) is 53.7 Å². The molecular weight excluding hydrogens is 351 g/mol. The van der Waals surface area contributed by atoms with Gasteiger partial charge < -0.3 is 19.9 Å². The number of hydrogen-bond acceptors (Lipinski definition) is 5. The molecule has 1 saturated heterocycles. The van der Waals surface area contributed by atoms with Crippen molar-refractivity contribution in [2.75, 3.05) is 0 Å². The standard InChI is InChI=1S/C22H29BN2O3/c1-16(25-26-15-17-9-7-6-8-10-17)20-12-11-19(13-18(20)14-24)23-27-21(2,3)22(4,5)28-23/h6-13H,14-15,24H2,1-5H3/b25-16+. The molecule has 148 valence electrons. The quantitative estimate of drug-likeness (QED) is 0.474. The fraction of sp³-hybridized carbons (Fsp3) is 0.409. The van der Waals surface area contributed by atoms with Crippen LogP contribution in [0.4, 0.5) is 0 Å². The summed E-state index contributed by atoms with van der Waals surface area (Å²) in [5.41, 5.74) is 10.0. The molecule has 0 amide bonds. The Kier molecular flexibility index (Phi) is 5.94. The van der Waals surface area contributed by atoms with Crippen molar-refractivity contribution in [1.82, 2.24) is 0 Å². The van der Waals surface area contributed by atoms with Crippen molar-refractivity contribution in [2.24, 2.45) is 10.9 Å². The number of oxime groups is 1. The molecule has 0 atom stereocenters. The Morgan fingerprint density at radius 3 is 2.29 bits per heavy atom. The maximum absolute atomic E-state index is 6.15. The van der Waals surface area contributed by atoms with E-state index < -0.39 is 7.12 Å². The highest BCUT2D eigenvalue weighted by Gasteiger charge is 2.51. The van der Waals surface area contributed by atoms with Crippen LogP contribution in [-0.4, -0.2) is 24.0 Å². The van der Waals surface area contributed by atoms with E-state index in [4.69, 9.17) is 19.9 Å². The number of hydrogen-bond donors (Lipinski definition) is 1. The van der Waals surface area contributed by atoms with Gasteiger partial charge in [0.2, 0.25) is 0 Å². The van der Waals surface area contributed by atoms with E-state index in [2.05, 4.69) is 5.16 Å². The Bertz CT molecular complexity index is 834. The van der Waals surface area contributed by atoms with Crippen LogP contribution in [0.5, 0.6) is 0 Å². The second-order valence-electron chi connectivity index (χ2n) is 8.14. The Morgan fingerprint density at radius 2 is 1.68 bits per heavy atom. The van der Waals surface area contributed by atoms with Crippen molar-refractivity contribution < 1.29 is 14.1 Å². The maximum atomic E-state index is 6.15. The van der Waals surface area contributed by atoms with Crippen molar-refractivity contribution >= 4 is 18.3 Å². The summed E-state index contributed by atoms with van der Waals surface area (Å²) in [5.74, 6) is 0. The molecule has 1 aliphatic heterocycles. The third-order valence-corrected chi connectivity index (χ3v) is 5.54. The Hall–Kier alpha value is -2.15. The lowest BCUT2D eigenvalue weighted by Crippen LogP contribution is -2.41. The molecular formula is C22H29BN2O3. The zero-order valence-corrected chi connectivity index (χ0v) is 17.4. The van der Waals surface area contributed by atoms with E-state index in [0.717, 1.165) is 27.9 Å². The minimum Gasteiger partial charge on any atom is -0.399 e. The molecule has 0 bridgehead atoms. The predicted molar refractivity (Wildman–Crippen MR) is 113 cm³/mol. The van der Waals surface area contributed by atoms with Gasteiger partial charge in [0.15, 0.2) is 0 Å². The van der Waals surface area contributed by atoms with E-state index in [1.54, 1.807) is 0 Å². The highest BCUT2D eigenvalue weighted by Crippen LogP contribution is 2.36. The van der Waals surface area contributed by atoms with Crippen LogP contribution in [0.2, 0.25) is 0 Å². The molecule has 1 heterocycles. The molecule has 0 spiro atoms. The normalized spacial score (nSPS) is 18.4. The molecule has 0 radical (unpaired) electrons. The number of nitrogens with zero attached hydrogens (tertiary/aromatic N) is 1. The Balaban J connectivity index is 1.75. The largest absolute Gasteiger partial charge is 0.494 e. The Morgan fingerprint density at radius 1 is 1.04 bits per heavy atom. The topological polar surface area (TPSA) is 66.1 Å². The van der Waals surface area contributed by atoms with E-state index >= 15 is 0 Å². The highest BCUT2D eigenvalue weighted by molar-refractivity contribution is 6.62. The van der Waals surface area contributed by atoms with Gasteiger partial charge in [0.25, 0.3) is 0 Å². The smallest absolute Gasteiger partial charge is 0.399 e. The summed E-state index contributed by atoms with van der Waals surface area (Å²) >= 11 is 0. The van der Waals surface area contributed by atoms with Gasteiger partial charge in [-0.2, -0.15) is 0 Å². The molecule has 2 aromatic rings. The second-order valence-corrected chi connectivity index (χ2v) is 8.14. The second kappa shape index (κ2) is 8.07. The zero-order chi connectivity index (χ0) is 20.4. The van der Waals surface area contributed by atoms with E-state index in [9.17, 15) is 0 Å². The van der Waals surface area contributed by atoms with E-state index in [1.807, 2.05) is 83.1 Å². The zero-order valence-electron chi connectivity index (χ0n) is 17.4.